The average Bonchev–Trinajstić information content (AvgIpc) is 3.00. The van der Waals surface area contributed by atoms with E-state index in [1.165, 1.54) is 31.9 Å². The predicted molar refractivity (Wildman–Crippen MR) is 88.5 cm³/mol. The number of H-pyrrole nitrogens is 1. The van der Waals surface area contributed by atoms with Gasteiger partial charge in [-0.2, -0.15) is 0 Å². The molecule has 3 rings (SSSR count). The molecule has 5 heteroatoms. The first-order valence-corrected chi connectivity index (χ1v) is 8.34. The van der Waals surface area contributed by atoms with Crippen molar-refractivity contribution in [2.24, 2.45) is 0 Å². The van der Waals surface area contributed by atoms with Gasteiger partial charge >= 0.3 is 5.97 Å². The zero-order valence-corrected chi connectivity index (χ0v) is 14.0. The van der Waals surface area contributed by atoms with E-state index in [1.54, 1.807) is 0 Å². The summed E-state index contributed by atoms with van der Waals surface area (Å²) in [5, 5.41) is 8.36. The summed E-state index contributed by atoms with van der Waals surface area (Å²) in [4.78, 5) is 15.5. The molecule has 1 fully saturated rings. The van der Waals surface area contributed by atoms with E-state index in [9.17, 15) is 4.79 Å². The molecule has 5 nitrogen and oxygen atoms in total. The standard InChI is InChI=1S/C18H23N3O2/c1-4-13-14(11-7-6-8-11)9-12(10-15(13)18(22)23-3)17-19-16(5-2)20-21-17/h9-11H,4-8H2,1-3H3,(H,19,20,21). The Hall–Kier alpha value is -2.17. The van der Waals surface area contributed by atoms with Gasteiger partial charge in [-0.3, -0.25) is 0 Å². The van der Waals surface area contributed by atoms with Crippen molar-refractivity contribution in [1.82, 2.24) is 15.2 Å². The third kappa shape index (κ3) is 2.87. The molecule has 0 spiro atoms. The van der Waals surface area contributed by atoms with Crippen LogP contribution >= 0.6 is 0 Å². The maximum Gasteiger partial charge on any atom is 0.338 e. The first kappa shape index (κ1) is 15.7. The van der Waals surface area contributed by atoms with Crippen molar-refractivity contribution in [3.63, 3.8) is 0 Å². The van der Waals surface area contributed by atoms with E-state index >= 15 is 0 Å². The van der Waals surface area contributed by atoms with Gasteiger partial charge < -0.3 is 9.72 Å². The largest absolute Gasteiger partial charge is 0.465 e. The normalized spacial score (nSPS) is 14.6. The van der Waals surface area contributed by atoms with Crippen LogP contribution in [0.15, 0.2) is 12.1 Å². The van der Waals surface area contributed by atoms with Gasteiger partial charge in [0, 0.05) is 12.0 Å². The van der Waals surface area contributed by atoms with Crippen molar-refractivity contribution in [3.05, 3.63) is 34.6 Å². The fourth-order valence-electron chi connectivity index (χ4n) is 3.19. The highest BCUT2D eigenvalue weighted by atomic mass is 16.5. The molecule has 0 radical (unpaired) electrons. The number of nitrogens with one attached hydrogen (secondary N) is 1. The van der Waals surface area contributed by atoms with Crippen LogP contribution < -0.4 is 0 Å². The van der Waals surface area contributed by atoms with Crippen molar-refractivity contribution < 1.29 is 9.53 Å². The fourth-order valence-corrected chi connectivity index (χ4v) is 3.19. The number of nitrogens with zero attached hydrogens (tertiary/aromatic N) is 2. The van der Waals surface area contributed by atoms with Crippen molar-refractivity contribution >= 4 is 5.97 Å². The Morgan fingerprint density at radius 2 is 2.04 bits per heavy atom. The SMILES string of the molecule is CCc1nnc(-c2cc(C(=O)OC)c(CC)c(C3CCC3)c2)[nH]1. The molecular formula is C18H23N3O2. The zero-order chi connectivity index (χ0) is 16.4. The van der Waals surface area contributed by atoms with Gasteiger partial charge in [-0.15, -0.1) is 10.2 Å². The smallest absolute Gasteiger partial charge is 0.338 e. The second-order valence-corrected chi connectivity index (χ2v) is 6.04. The summed E-state index contributed by atoms with van der Waals surface area (Å²) in [6.45, 7) is 4.12. The molecule has 0 unspecified atom stereocenters. The Morgan fingerprint density at radius 1 is 1.26 bits per heavy atom. The molecule has 1 aromatic carbocycles. The molecule has 1 aliphatic carbocycles. The predicted octanol–water partition coefficient (Wildman–Crippen LogP) is 3.65. The van der Waals surface area contributed by atoms with Gasteiger partial charge in [-0.1, -0.05) is 20.3 Å². The number of carbonyl (C=O) groups excluding carboxylic acids is 1. The first-order chi connectivity index (χ1) is 11.2. The Balaban J connectivity index is 2.14. The van der Waals surface area contributed by atoms with Crippen molar-refractivity contribution in [3.8, 4) is 11.4 Å². The van der Waals surface area contributed by atoms with Crippen LogP contribution in [0.4, 0.5) is 0 Å². The molecule has 23 heavy (non-hydrogen) atoms. The maximum absolute atomic E-state index is 12.3. The average molecular weight is 313 g/mol. The summed E-state index contributed by atoms with van der Waals surface area (Å²) in [5.74, 6) is 1.83. The van der Waals surface area contributed by atoms with E-state index in [1.807, 2.05) is 13.0 Å². The zero-order valence-electron chi connectivity index (χ0n) is 14.0. The Labute approximate surface area is 136 Å². The van der Waals surface area contributed by atoms with Crippen LogP contribution in [0.25, 0.3) is 11.4 Å². The van der Waals surface area contributed by atoms with E-state index in [2.05, 4.69) is 28.2 Å². The third-order valence-corrected chi connectivity index (χ3v) is 4.73. The van der Waals surface area contributed by atoms with Crippen molar-refractivity contribution in [2.75, 3.05) is 7.11 Å². The van der Waals surface area contributed by atoms with Gasteiger partial charge in [0.25, 0.3) is 0 Å². The van der Waals surface area contributed by atoms with Crippen LogP contribution in [0.3, 0.4) is 0 Å². The number of aromatic nitrogens is 3. The number of carbonyl (C=O) groups is 1. The lowest BCUT2D eigenvalue weighted by Gasteiger charge is -2.29. The van der Waals surface area contributed by atoms with Crippen LogP contribution in [0, 0.1) is 0 Å². The Kier molecular flexibility index (Phi) is 4.46. The molecule has 0 amide bonds. The quantitative estimate of drug-likeness (QED) is 0.856. The molecule has 122 valence electrons. The molecule has 0 saturated heterocycles. The van der Waals surface area contributed by atoms with Gasteiger partial charge in [0.1, 0.15) is 5.82 Å². The number of aryl methyl sites for hydroxylation is 1. The van der Waals surface area contributed by atoms with E-state index in [-0.39, 0.29) is 5.97 Å². The summed E-state index contributed by atoms with van der Waals surface area (Å²) in [5.41, 5.74) is 3.95. The molecule has 0 aliphatic heterocycles. The van der Waals surface area contributed by atoms with Crippen molar-refractivity contribution in [2.45, 2.75) is 51.9 Å². The summed E-state index contributed by atoms with van der Waals surface area (Å²) >= 11 is 0. The molecule has 1 saturated carbocycles. The second-order valence-electron chi connectivity index (χ2n) is 6.04. The number of aromatic amines is 1. The van der Waals surface area contributed by atoms with Crippen LogP contribution in [-0.2, 0) is 17.6 Å². The number of hydrogen-bond acceptors (Lipinski definition) is 4. The Bertz CT molecular complexity index is 717. The lowest BCUT2D eigenvalue weighted by molar-refractivity contribution is 0.0599. The molecule has 1 aromatic heterocycles. The van der Waals surface area contributed by atoms with Crippen LogP contribution in [-0.4, -0.2) is 28.3 Å². The second kappa shape index (κ2) is 6.52. The third-order valence-electron chi connectivity index (χ3n) is 4.73. The van der Waals surface area contributed by atoms with Gasteiger partial charge in [0.2, 0.25) is 0 Å². The van der Waals surface area contributed by atoms with E-state index < -0.39 is 0 Å². The van der Waals surface area contributed by atoms with Gasteiger partial charge in [0.05, 0.1) is 12.7 Å². The summed E-state index contributed by atoms with van der Waals surface area (Å²) in [6, 6.07) is 4.06. The Morgan fingerprint density at radius 3 is 2.57 bits per heavy atom. The number of ether oxygens (including phenoxy) is 1. The van der Waals surface area contributed by atoms with Gasteiger partial charge in [0.15, 0.2) is 5.82 Å². The minimum Gasteiger partial charge on any atom is -0.465 e. The summed E-state index contributed by atoms with van der Waals surface area (Å²) < 4.78 is 5.00. The lowest BCUT2D eigenvalue weighted by atomic mass is 9.76. The molecule has 2 aromatic rings. The van der Waals surface area contributed by atoms with Crippen LogP contribution in [0.5, 0.6) is 0 Å². The van der Waals surface area contributed by atoms with E-state index in [4.69, 9.17) is 4.74 Å². The highest BCUT2D eigenvalue weighted by molar-refractivity contribution is 5.93. The summed E-state index contributed by atoms with van der Waals surface area (Å²) in [6.07, 6.45) is 5.27. The molecule has 0 bridgehead atoms. The number of rotatable bonds is 5. The lowest BCUT2D eigenvalue weighted by Crippen LogP contribution is -2.15. The number of esters is 1. The minimum atomic E-state index is -0.278. The molecule has 1 heterocycles. The van der Waals surface area contributed by atoms with Crippen LogP contribution in [0.1, 0.15) is 66.3 Å². The molecule has 1 aliphatic rings. The highest BCUT2D eigenvalue weighted by Crippen LogP contribution is 2.40. The van der Waals surface area contributed by atoms with Crippen molar-refractivity contribution in [1.29, 1.82) is 0 Å². The monoisotopic (exact) mass is 313 g/mol. The summed E-state index contributed by atoms with van der Waals surface area (Å²) in [7, 11) is 1.43. The molecule has 1 N–H and O–H groups in total. The maximum atomic E-state index is 12.3. The van der Waals surface area contributed by atoms with Gasteiger partial charge in [-0.25, -0.2) is 4.79 Å². The fraction of sp³-hybridized carbons (Fsp3) is 0.500. The van der Waals surface area contributed by atoms with E-state index in [0.29, 0.717) is 11.5 Å². The minimum absolute atomic E-state index is 0.278. The van der Waals surface area contributed by atoms with E-state index in [0.717, 1.165) is 35.6 Å². The number of hydrogen-bond donors (Lipinski definition) is 1. The number of methoxy groups -OCH3 is 1. The topological polar surface area (TPSA) is 67.9 Å². The van der Waals surface area contributed by atoms with Crippen LogP contribution in [0.2, 0.25) is 0 Å². The highest BCUT2D eigenvalue weighted by Gasteiger charge is 2.26. The molecular weight excluding hydrogens is 290 g/mol. The van der Waals surface area contributed by atoms with Gasteiger partial charge in [-0.05, 0) is 48.4 Å². The number of benzene rings is 1. The first-order valence-electron chi connectivity index (χ1n) is 8.34. The molecule has 0 atom stereocenters.